The van der Waals surface area contributed by atoms with Gasteiger partial charge in [-0.3, -0.25) is 4.79 Å². The van der Waals surface area contributed by atoms with Crippen molar-refractivity contribution in [3.05, 3.63) is 29.1 Å². The number of nitrogens with zero attached hydrogens (tertiary/aromatic N) is 2. The van der Waals surface area contributed by atoms with Crippen molar-refractivity contribution in [2.45, 2.75) is 20.3 Å². The van der Waals surface area contributed by atoms with Crippen LogP contribution in [0.5, 0.6) is 0 Å². The smallest absolute Gasteiger partial charge is 0.269 e. The topological polar surface area (TPSA) is 65.8 Å². The van der Waals surface area contributed by atoms with Gasteiger partial charge in [0.25, 0.3) is 5.91 Å². The number of aryl methyl sites for hydroxylation is 1. The Morgan fingerprint density at radius 3 is 2.87 bits per heavy atom. The second kappa shape index (κ2) is 5.11. The average molecular weight is 203 g/mol. The van der Waals surface area contributed by atoms with E-state index in [1.807, 2.05) is 13.0 Å². The lowest BCUT2D eigenvalue weighted by atomic mass is 10.2. The van der Waals surface area contributed by atoms with Crippen molar-refractivity contribution < 1.29 is 4.79 Å². The summed E-state index contributed by atoms with van der Waals surface area (Å²) in [5.74, 6) is -0.190. The van der Waals surface area contributed by atoms with Crippen molar-refractivity contribution >= 4 is 5.91 Å². The first-order valence-electron chi connectivity index (χ1n) is 4.85. The van der Waals surface area contributed by atoms with Crippen molar-refractivity contribution in [2.75, 3.05) is 6.54 Å². The van der Waals surface area contributed by atoms with Crippen LogP contribution in [0.1, 0.15) is 35.1 Å². The van der Waals surface area contributed by atoms with Gasteiger partial charge in [-0.05, 0) is 25.5 Å². The predicted molar refractivity (Wildman–Crippen MR) is 56.3 cm³/mol. The fourth-order valence-corrected chi connectivity index (χ4v) is 1.13. The summed E-state index contributed by atoms with van der Waals surface area (Å²) >= 11 is 0. The fourth-order valence-electron chi connectivity index (χ4n) is 1.13. The molecule has 0 spiro atoms. The summed E-state index contributed by atoms with van der Waals surface area (Å²) in [6.45, 7) is 4.34. The maximum absolute atomic E-state index is 11.5. The molecule has 4 nitrogen and oxygen atoms in total. The molecule has 78 valence electrons. The molecule has 1 amide bonds. The summed E-state index contributed by atoms with van der Waals surface area (Å²) in [6, 6.07) is 5.19. The number of rotatable bonds is 3. The first-order chi connectivity index (χ1) is 7.19. The first-order valence-corrected chi connectivity index (χ1v) is 4.85. The Morgan fingerprint density at radius 1 is 1.60 bits per heavy atom. The van der Waals surface area contributed by atoms with Gasteiger partial charge in [-0.25, -0.2) is 4.98 Å². The highest BCUT2D eigenvalue weighted by molar-refractivity contribution is 5.92. The highest BCUT2D eigenvalue weighted by Crippen LogP contribution is 2.05. The number of aromatic nitrogens is 1. The Balaban J connectivity index is 2.84. The van der Waals surface area contributed by atoms with E-state index in [2.05, 4.69) is 10.3 Å². The van der Waals surface area contributed by atoms with E-state index in [9.17, 15) is 4.79 Å². The van der Waals surface area contributed by atoms with Gasteiger partial charge in [0.1, 0.15) is 11.8 Å². The SMILES string of the molecule is CCCNC(=O)c1ccc(C#N)c(C)n1. The molecule has 0 aromatic carbocycles. The first kappa shape index (κ1) is 11.2. The fraction of sp³-hybridized carbons (Fsp3) is 0.364. The molecule has 15 heavy (non-hydrogen) atoms. The predicted octanol–water partition coefficient (Wildman–Crippen LogP) is 1.40. The number of carbonyl (C=O) groups is 1. The van der Waals surface area contributed by atoms with Crippen molar-refractivity contribution in [3.8, 4) is 6.07 Å². The van der Waals surface area contributed by atoms with E-state index < -0.39 is 0 Å². The van der Waals surface area contributed by atoms with Gasteiger partial charge in [-0.2, -0.15) is 5.26 Å². The molecule has 4 heteroatoms. The third kappa shape index (κ3) is 2.78. The van der Waals surface area contributed by atoms with Crippen molar-refractivity contribution in [2.24, 2.45) is 0 Å². The van der Waals surface area contributed by atoms with E-state index in [4.69, 9.17) is 5.26 Å². The van der Waals surface area contributed by atoms with Gasteiger partial charge in [0.05, 0.1) is 11.3 Å². The Labute approximate surface area is 88.9 Å². The molecular formula is C11H13N3O. The normalized spacial score (nSPS) is 9.40. The zero-order valence-electron chi connectivity index (χ0n) is 8.87. The van der Waals surface area contributed by atoms with Crippen LogP contribution >= 0.6 is 0 Å². The van der Waals surface area contributed by atoms with Crippen LogP contribution in [0.15, 0.2) is 12.1 Å². The van der Waals surface area contributed by atoms with E-state index in [1.165, 1.54) is 0 Å². The molecule has 1 heterocycles. The van der Waals surface area contributed by atoms with E-state index in [1.54, 1.807) is 19.1 Å². The average Bonchev–Trinajstić information content (AvgIpc) is 2.25. The Morgan fingerprint density at radius 2 is 2.33 bits per heavy atom. The number of nitrogens with one attached hydrogen (secondary N) is 1. The maximum Gasteiger partial charge on any atom is 0.269 e. The Kier molecular flexibility index (Phi) is 3.81. The standard InChI is InChI=1S/C11H13N3O/c1-3-6-13-11(15)10-5-4-9(7-12)8(2)14-10/h4-5H,3,6H2,1-2H3,(H,13,15). The van der Waals surface area contributed by atoms with Crippen LogP contribution in [-0.2, 0) is 0 Å². The summed E-state index contributed by atoms with van der Waals surface area (Å²) in [6.07, 6.45) is 0.890. The lowest BCUT2D eigenvalue weighted by Crippen LogP contribution is -2.25. The molecule has 0 aliphatic carbocycles. The maximum atomic E-state index is 11.5. The van der Waals surface area contributed by atoms with Crippen LogP contribution in [0.25, 0.3) is 0 Å². The molecular weight excluding hydrogens is 190 g/mol. The zero-order valence-corrected chi connectivity index (χ0v) is 8.87. The van der Waals surface area contributed by atoms with E-state index in [0.717, 1.165) is 6.42 Å². The quantitative estimate of drug-likeness (QED) is 0.807. The Bertz CT molecular complexity index is 407. The van der Waals surface area contributed by atoms with Gasteiger partial charge in [-0.15, -0.1) is 0 Å². The van der Waals surface area contributed by atoms with Gasteiger partial charge in [0, 0.05) is 6.54 Å². The second-order valence-electron chi connectivity index (χ2n) is 3.20. The van der Waals surface area contributed by atoms with E-state index >= 15 is 0 Å². The molecule has 0 saturated heterocycles. The third-order valence-corrected chi connectivity index (χ3v) is 1.97. The number of hydrogen-bond donors (Lipinski definition) is 1. The summed E-state index contributed by atoms with van der Waals surface area (Å²) in [5.41, 5.74) is 1.45. The molecule has 1 aromatic heterocycles. The summed E-state index contributed by atoms with van der Waals surface area (Å²) in [4.78, 5) is 15.6. The number of nitriles is 1. The summed E-state index contributed by atoms with van der Waals surface area (Å²) in [5, 5.41) is 11.4. The van der Waals surface area contributed by atoms with Gasteiger partial charge < -0.3 is 5.32 Å². The Hall–Kier alpha value is -1.89. The molecule has 0 aliphatic heterocycles. The summed E-state index contributed by atoms with van der Waals surface area (Å²) < 4.78 is 0. The monoisotopic (exact) mass is 203 g/mol. The lowest BCUT2D eigenvalue weighted by Gasteiger charge is -2.03. The minimum atomic E-state index is -0.190. The highest BCUT2D eigenvalue weighted by Gasteiger charge is 2.07. The van der Waals surface area contributed by atoms with Gasteiger partial charge in [0.2, 0.25) is 0 Å². The van der Waals surface area contributed by atoms with Gasteiger partial charge in [0.15, 0.2) is 0 Å². The lowest BCUT2D eigenvalue weighted by molar-refractivity contribution is 0.0948. The van der Waals surface area contributed by atoms with Crippen molar-refractivity contribution in [1.82, 2.24) is 10.3 Å². The summed E-state index contributed by atoms with van der Waals surface area (Å²) in [7, 11) is 0. The highest BCUT2D eigenvalue weighted by atomic mass is 16.1. The second-order valence-corrected chi connectivity index (χ2v) is 3.20. The number of pyridine rings is 1. The third-order valence-electron chi connectivity index (χ3n) is 1.97. The largest absolute Gasteiger partial charge is 0.351 e. The van der Waals surface area contributed by atoms with Crippen LogP contribution in [0.3, 0.4) is 0 Å². The van der Waals surface area contributed by atoms with Crippen LogP contribution in [0.2, 0.25) is 0 Å². The number of amides is 1. The molecule has 0 unspecified atom stereocenters. The van der Waals surface area contributed by atoms with E-state index in [0.29, 0.717) is 23.5 Å². The van der Waals surface area contributed by atoms with Gasteiger partial charge >= 0.3 is 0 Å². The molecule has 0 radical (unpaired) electrons. The molecule has 0 aliphatic rings. The molecule has 1 aromatic rings. The number of hydrogen-bond acceptors (Lipinski definition) is 3. The minimum absolute atomic E-state index is 0.190. The molecule has 1 rings (SSSR count). The van der Waals surface area contributed by atoms with E-state index in [-0.39, 0.29) is 5.91 Å². The van der Waals surface area contributed by atoms with Crippen molar-refractivity contribution in [1.29, 1.82) is 5.26 Å². The van der Waals surface area contributed by atoms with Gasteiger partial charge in [-0.1, -0.05) is 6.92 Å². The zero-order chi connectivity index (χ0) is 11.3. The molecule has 0 fully saturated rings. The minimum Gasteiger partial charge on any atom is -0.351 e. The van der Waals surface area contributed by atoms with Crippen LogP contribution in [0.4, 0.5) is 0 Å². The van der Waals surface area contributed by atoms with Crippen LogP contribution in [0, 0.1) is 18.3 Å². The molecule has 0 saturated carbocycles. The van der Waals surface area contributed by atoms with Crippen molar-refractivity contribution in [3.63, 3.8) is 0 Å². The molecule has 0 bridgehead atoms. The number of carbonyl (C=O) groups excluding carboxylic acids is 1. The van der Waals surface area contributed by atoms with Crippen LogP contribution in [-0.4, -0.2) is 17.4 Å². The van der Waals surface area contributed by atoms with Crippen LogP contribution < -0.4 is 5.32 Å². The molecule has 1 N–H and O–H groups in total. The molecule has 0 atom stereocenters.